The van der Waals surface area contributed by atoms with Crippen LogP contribution in [0.2, 0.25) is 0 Å². The first-order valence-corrected chi connectivity index (χ1v) is 6.93. The Morgan fingerprint density at radius 1 is 1.05 bits per heavy atom. The average molecular weight is 280 g/mol. The first-order chi connectivity index (χ1) is 10.3. The summed E-state index contributed by atoms with van der Waals surface area (Å²) in [6.45, 7) is 5.33. The third-order valence-electron chi connectivity index (χ3n) is 3.62. The van der Waals surface area contributed by atoms with Crippen LogP contribution in [0.15, 0.2) is 30.5 Å². The zero-order valence-corrected chi connectivity index (χ0v) is 11.9. The van der Waals surface area contributed by atoms with Crippen LogP contribution >= 0.6 is 0 Å². The van der Waals surface area contributed by atoms with E-state index in [-0.39, 0.29) is 0 Å². The lowest BCUT2D eigenvalue weighted by Crippen LogP contribution is -2.47. The lowest BCUT2D eigenvalue weighted by Gasteiger charge is -2.36. The van der Waals surface area contributed by atoms with Crippen molar-refractivity contribution in [2.45, 2.75) is 6.92 Å². The number of hydrogen-bond acceptors (Lipinski definition) is 6. The van der Waals surface area contributed by atoms with E-state index in [0.717, 1.165) is 43.4 Å². The lowest BCUT2D eigenvalue weighted by molar-refractivity contribution is 0.641. The normalized spacial score (nSPS) is 14.9. The molecule has 0 radical (unpaired) electrons. The second kappa shape index (κ2) is 5.75. The highest BCUT2D eigenvalue weighted by Gasteiger charge is 2.20. The zero-order chi connectivity index (χ0) is 14.7. The standard InChI is InChI=1S/C15H16N6/c1-12-4-5-15(19-18-12)21-9-7-20(8-10-21)14-3-2-6-17-13(14)11-16/h2-6H,7-10H2,1H3. The monoisotopic (exact) mass is 280 g/mol. The van der Waals surface area contributed by atoms with Gasteiger partial charge < -0.3 is 9.80 Å². The molecule has 0 aliphatic carbocycles. The molecule has 1 aliphatic rings. The van der Waals surface area contributed by atoms with Crippen LogP contribution in [0, 0.1) is 18.3 Å². The van der Waals surface area contributed by atoms with Gasteiger partial charge in [-0.2, -0.15) is 10.4 Å². The second-order valence-corrected chi connectivity index (χ2v) is 4.99. The Kier molecular flexibility index (Phi) is 3.65. The molecule has 0 saturated carbocycles. The number of nitrogens with zero attached hydrogens (tertiary/aromatic N) is 6. The van der Waals surface area contributed by atoms with Gasteiger partial charge in [-0.15, -0.1) is 5.10 Å². The smallest absolute Gasteiger partial charge is 0.163 e. The molecule has 1 saturated heterocycles. The van der Waals surface area contributed by atoms with Crippen molar-refractivity contribution in [3.05, 3.63) is 41.9 Å². The van der Waals surface area contributed by atoms with Crippen molar-refractivity contribution in [1.82, 2.24) is 15.2 Å². The van der Waals surface area contributed by atoms with Crippen molar-refractivity contribution in [2.75, 3.05) is 36.0 Å². The SMILES string of the molecule is Cc1ccc(N2CCN(c3cccnc3C#N)CC2)nn1. The second-order valence-electron chi connectivity index (χ2n) is 4.99. The van der Waals surface area contributed by atoms with Gasteiger partial charge in [-0.3, -0.25) is 0 Å². The number of aromatic nitrogens is 3. The van der Waals surface area contributed by atoms with Crippen molar-refractivity contribution < 1.29 is 0 Å². The number of nitriles is 1. The predicted octanol–water partition coefficient (Wildman–Crippen LogP) is 1.38. The fourth-order valence-electron chi connectivity index (χ4n) is 2.48. The van der Waals surface area contributed by atoms with Crippen LogP contribution in [0.3, 0.4) is 0 Å². The topological polar surface area (TPSA) is 68.9 Å². The molecule has 0 unspecified atom stereocenters. The maximum absolute atomic E-state index is 9.14. The van der Waals surface area contributed by atoms with Gasteiger partial charge in [-0.05, 0) is 31.2 Å². The molecule has 0 spiro atoms. The Balaban J connectivity index is 1.70. The Hall–Kier alpha value is -2.68. The minimum Gasteiger partial charge on any atom is -0.366 e. The number of aryl methyl sites for hydroxylation is 1. The third-order valence-corrected chi connectivity index (χ3v) is 3.62. The molecule has 3 heterocycles. The molecule has 21 heavy (non-hydrogen) atoms. The van der Waals surface area contributed by atoms with E-state index in [0.29, 0.717) is 5.69 Å². The molecule has 6 nitrogen and oxygen atoms in total. The highest BCUT2D eigenvalue weighted by molar-refractivity contribution is 5.57. The van der Waals surface area contributed by atoms with E-state index in [9.17, 15) is 0 Å². The van der Waals surface area contributed by atoms with Gasteiger partial charge in [0.15, 0.2) is 11.5 Å². The summed E-state index contributed by atoms with van der Waals surface area (Å²) in [7, 11) is 0. The molecule has 2 aromatic rings. The minimum absolute atomic E-state index is 0.487. The maximum Gasteiger partial charge on any atom is 0.163 e. The highest BCUT2D eigenvalue weighted by atomic mass is 15.3. The van der Waals surface area contributed by atoms with Gasteiger partial charge in [0.2, 0.25) is 0 Å². The quantitative estimate of drug-likeness (QED) is 0.827. The van der Waals surface area contributed by atoms with Gasteiger partial charge in [-0.1, -0.05) is 0 Å². The van der Waals surface area contributed by atoms with Gasteiger partial charge in [-0.25, -0.2) is 4.98 Å². The molecule has 3 rings (SSSR count). The van der Waals surface area contributed by atoms with Crippen LogP contribution in [0.1, 0.15) is 11.4 Å². The summed E-state index contributed by atoms with van der Waals surface area (Å²) in [6, 6.07) is 9.95. The van der Waals surface area contributed by atoms with E-state index in [4.69, 9.17) is 5.26 Å². The van der Waals surface area contributed by atoms with E-state index < -0.39 is 0 Å². The number of rotatable bonds is 2. The van der Waals surface area contributed by atoms with Crippen molar-refractivity contribution in [3.63, 3.8) is 0 Å². The van der Waals surface area contributed by atoms with Gasteiger partial charge in [0.1, 0.15) is 6.07 Å². The summed E-state index contributed by atoms with van der Waals surface area (Å²) >= 11 is 0. The molecule has 1 aliphatic heterocycles. The molecule has 0 N–H and O–H groups in total. The summed E-state index contributed by atoms with van der Waals surface area (Å²) in [5, 5.41) is 17.5. The number of pyridine rings is 1. The van der Waals surface area contributed by atoms with Crippen molar-refractivity contribution in [2.24, 2.45) is 0 Å². The van der Waals surface area contributed by atoms with Crippen LogP contribution in [0.4, 0.5) is 11.5 Å². The predicted molar refractivity (Wildman–Crippen MR) is 80.1 cm³/mol. The number of hydrogen-bond donors (Lipinski definition) is 0. The van der Waals surface area contributed by atoms with Gasteiger partial charge in [0, 0.05) is 32.4 Å². The molecule has 0 atom stereocenters. The van der Waals surface area contributed by atoms with Gasteiger partial charge in [0.05, 0.1) is 11.4 Å². The Bertz CT molecular complexity index is 653. The summed E-state index contributed by atoms with van der Waals surface area (Å²) in [4.78, 5) is 8.53. The molecule has 1 fully saturated rings. The van der Waals surface area contributed by atoms with E-state index in [1.54, 1.807) is 6.20 Å². The largest absolute Gasteiger partial charge is 0.366 e. The minimum atomic E-state index is 0.487. The Labute approximate surface area is 123 Å². The van der Waals surface area contributed by atoms with Crippen LogP contribution < -0.4 is 9.80 Å². The highest BCUT2D eigenvalue weighted by Crippen LogP contribution is 2.21. The third kappa shape index (κ3) is 2.77. The summed E-state index contributed by atoms with van der Waals surface area (Å²) in [6.07, 6.45) is 1.65. The lowest BCUT2D eigenvalue weighted by atomic mass is 10.2. The number of piperazine rings is 1. The average Bonchev–Trinajstić information content (AvgIpc) is 2.56. The van der Waals surface area contributed by atoms with Crippen molar-refractivity contribution >= 4 is 11.5 Å². The molecule has 0 bridgehead atoms. The maximum atomic E-state index is 9.14. The van der Waals surface area contributed by atoms with Gasteiger partial charge in [0.25, 0.3) is 0 Å². The van der Waals surface area contributed by atoms with Crippen LogP contribution in [0.25, 0.3) is 0 Å². The fraction of sp³-hybridized carbons (Fsp3) is 0.333. The van der Waals surface area contributed by atoms with E-state index in [2.05, 4.69) is 31.1 Å². The Morgan fingerprint density at radius 3 is 2.48 bits per heavy atom. The summed E-state index contributed by atoms with van der Waals surface area (Å²) < 4.78 is 0. The van der Waals surface area contributed by atoms with E-state index in [1.165, 1.54) is 0 Å². The van der Waals surface area contributed by atoms with Crippen molar-refractivity contribution in [3.8, 4) is 6.07 Å². The van der Waals surface area contributed by atoms with Crippen LogP contribution in [-0.2, 0) is 0 Å². The molecular formula is C15H16N6. The zero-order valence-electron chi connectivity index (χ0n) is 11.9. The molecule has 0 amide bonds. The molecule has 0 aromatic carbocycles. The van der Waals surface area contributed by atoms with E-state index >= 15 is 0 Å². The molecular weight excluding hydrogens is 264 g/mol. The van der Waals surface area contributed by atoms with Crippen molar-refractivity contribution in [1.29, 1.82) is 5.26 Å². The summed E-state index contributed by atoms with van der Waals surface area (Å²) in [5.41, 5.74) is 2.32. The fourth-order valence-corrected chi connectivity index (χ4v) is 2.48. The first kappa shape index (κ1) is 13.3. The van der Waals surface area contributed by atoms with Crippen LogP contribution in [-0.4, -0.2) is 41.4 Å². The Morgan fingerprint density at radius 2 is 1.81 bits per heavy atom. The molecule has 6 heteroatoms. The summed E-state index contributed by atoms with van der Waals surface area (Å²) in [5.74, 6) is 0.909. The van der Waals surface area contributed by atoms with Gasteiger partial charge >= 0.3 is 0 Å². The molecule has 106 valence electrons. The molecule has 2 aromatic heterocycles. The van der Waals surface area contributed by atoms with Crippen LogP contribution in [0.5, 0.6) is 0 Å². The van der Waals surface area contributed by atoms with E-state index in [1.807, 2.05) is 31.2 Å². The first-order valence-electron chi connectivity index (χ1n) is 6.93. The number of anilines is 2.